The summed E-state index contributed by atoms with van der Waals surface area (Å²) < 4.78 is 20.5. The van der Waals surface area contributed by atoms with Gasteiger partial charge in [-0.1, -0.05) is 141 Å². The molecule has 2 aromatic heterocycles. The summed E-state index contributed by atoms with van der Waals surface area (Å²) in [6, 6.07) is 67.7. The number of nitrogens with zero attached hydrogens (tertiary/aromatic N) is 1. The molecule has 0 bridgehead atoms. The van der Waals surface area contributed by atoms with Gasteiger partial charge in [0.05, 0.1) is 22.2 Å². The maximum Gasteiger partial charge on any atom is 0.159 e. The lowest BCUT2D eigenvalue weighted by Crippen LogP contribution is -2.32. The van der Waals surface area contributed by atoms with Crippen LogP contribution < -0.4 is 9.64 Å². The van der Waals surface area contributed by atoms with E-state index in [1.807, 2.05) is 6.07 Å². The molecule has 1 aliphatic heterocycles. The maximum atomic E-state index is 7.05. The number of anilines is 3. The van der Waals surface area contributed by atoms with Crippen LogP contribution in [0.3, 0.4) is 0 Å². The zero-order valence-corrected chi connectivity index (χ0v) is 34.1. The molecule has 11 aromatic rings. The summed E-state index contributed by atoms with van der Waals surface area (Å²) in [5.74, 6) is 1.74. The normalized spacial score (nSPS) is 14.7. The van der Waals surface area contributed by atoms with Gasteiger partial charge in [0.2, 0.25) is 0 Å². The van der Waals surface area contributed by atoms with Gasteiger partial charge in [-0.15, -0.1) is 0 Å². The highest BCUT2D eigenvalue weighted by atomic mass is 16.5. The standard InChI is InChI=1S/C58H37NO3/c1-57(2)42-19-6-3-15-35(42)37-30-29-34(31-46(37)57)59(49-24-13-18-39-38-17-5-10-25-50(38)62-56(39)49)48-23-14-28-53-55(48)41-32-40-36-16-4-7-20-43(36)58(47(40)33-54(41)61-53)44-21-8-11-26-51(44)60-52-27-12-9-22-45(52)58/h3-33H,1-2H3. The van der Waals surface area contributed by atoms with Crippen LogP contribution in [-0.4, -0.2) is 0 Å². The number of para-hydroxylation sites is 4. The van der Waals surface area contributed by atoms with Crippen LogP contribution in [0.25, 0.3) is 66.1 Å². The molecule has 9 aromatic carbocycles. The lowest BCUT2D eigenvalue weighted by atomic mass is 9.66. The van der Waals surface area contributed by atoms with Crippen LogP contribution in [-0.2, 0) is 10.8 Å². The lowest BCUT2D eigenvalue weighted by molar-refractivity contribution is 0.436. The van der Waals surface area contributed by atoms with Crippen molar-refractivity contribution in [3.63, 3.8) is 0 Å². The van der Waals surface area contributed by atoms with E-state index in [1.165, 1.54) is 44.5 Å². The summed E-state index contributed by atoms with van der Waals surface area (Å²) in [6.45, 7) is 4.69. The number of rotatable bonds is 3. The Kier molecular flexibility index (Phi) is 6.53. The SMILES string of the molecule is CC1(C)c2ccccc2-c2ccc(N(c3cccc4c3oc3ccccc34)c3cccc4oc5cc6c(cc5c34)-c3ccccc3C63c4ccccc4Oc4ccccc43)cc21. The Bertz CT molecular complexity index is 3690. The van der Waals surface area contributed by atoms with E-state index in [2.05, 4.69) is 201 Å². The Labute approximate surface area is 357 Å². The molecule has 62 heavy (non-hydrogen) atoms. The lowest BCUT2D eigenvalue weighted by Gasteiger charge is -2.39. The van der Waals surface area contributed by atoms with Crippen LogP contribution in [0.15, 0.2) is 197 Å². The van der Waals surface area contributed by atoms with Gasteiger partial charge in [0.25, 0.3) is 0 Å². The second-order valence-electron chi connectivity index (χ2n) is 17.5. The molecule has 0 amide bonds. The van der Waals surface area contributed by atoms with Crippen molar-refractivity contribution in [1.82, 2.24) is 0 Å². The van der Waals surface area contributed by atoms with Crippen LogP contribution in [0.4, 0.5) is 17.1 Å². The summed E-state index contributed by atoms with van der Waals surface area (Å²) in [6.07, 6.45) is 0. The van der Waals surface area contributed by atoms with E-state index in [9.17, 15) is 0 Å². The molecule has 2 aliphatic carbocycles. The second-order valence-corrected chi connectivity index (χ2v) is 17.5. The van der Waals surface area contributed by atoms with Crippen LogP contribution >= 0.6 is 0 Å². The average Bonchev–Trinajstić information content (AvgIpc) is 4.02. The zero-order chi connectivity index (χ0) is 40.9. The van der Waals surface area contributed by atoms with Crippen molar-refractivity contribution in [2.45, 2.75) is 24.7 Å². The Morgan fingerprint density at radius 2 is 1.00 bits per heavy atom. The number of hydrogen-bond donors (Lipinski definition) is 0. The van der Waals surface area contributed by atoms with Gasteiger partial charge in [0, 0.05) is 38.4 Å². The van der Waals surface area contributed by atoms with Crippen LogP contribution in [0.5, 0.6) is 11.5 Å². The van der Waals surface area contributed by atoms with Crippen molar-refractivity contribution in [3.05, 3.63) is 221 Å². The molecule has 0 fully saturated rings. The topological polar surface area (TPSA) is 38.8 Å². The minimum absolute atomic E-state index is 0.182. The van der Waals surface area contributed by atoms with E-state index in [0.717, 1.165) is 83.6 Å². The number of hydrogen-bond acceptors (Lipinski definition) is 4. The molecule has 0 saturated heterocycles. The first kappa shape index (κ1) is 34.0. The number of benzene rings is 9. The molecular formula is C58H37NO3. The van der Waals surface area contributed by atoms with Crippen molar-refractivity contribution >= 4 is 60.9 Å². The molecule has 3 heterocycles. The van der Waals surface area contributed by atoms with E-state index in [0.29, 0.717) is 0 Å². The van der Waals surface area contributed by atoms with E-state index >= 15 is 0 Å². The first-order chi connectivity index (χ1) is 30.5. The third-order valence-corrected chi connectivity index (χ3v) is 14.1. The highest BCUT2D eigenvalue weighted by Crippen LogP contribution is 2.63. The fraction of sp³-hybridized carbons (Fsp3) is 0.0690. The molecule has 4 heteroatoms. The maximum absolute atomic E-state index is 7.05. The quantitative estimate of drug-likeness (QED) is 0.179. The molecule has 14 rings (SSSR count). The van der Waals surface area contributed by atoms with Gasteiger partial charge in [-0.25, -0.2) is 0 Å². The molecule has 0 radical (unpaired) electrons. The molecule has 0 N–H and O–H groups in total. The van der Waals surface area contributed by atoms with Gasteiger partial charge in [0.15, 0.2) is 5.58 Å². The van der Waals surface area contributed by atoms with Crippen LogP contribution in [0.2, 0.25) is 0 Å². The van der Waals surface area contributed by atoms with E-state index in [1.54, 1.807) is 0 Å². The van der Waals surface area contributed by atoms with Crippen LogP contribution in [0.1, 0.15) is 47.2 Å². The molecule has 0 atom stereocenters. The zero-order valence-electron chi connectivity index (χ0n) is 34.1. The van der Waals surface area contributed by atoms with Gasteiger partial charge < -0.3 is 18.5 Å². The van der Waals surface area contributed by atoms with Gasteiger partial charge in [-0.2, -0.15) is 0 Å². The third-order valence-electron chi connectivity index (χ3n) is 14.1. The monoisotopic (exact) mass is 795 g/mol. The van der Waals surface area contributed by atoms with Crippen molar-refractivity contribution in [1.29, 1.82) is 0 Å². The Hall–Kier alpha value is -7.82. The molecule has 0 saturated carbocycles. The average molecular weight is 796 g/mol. The van der Waals surface area contributed by atoms with Crippen molar-refractivity contribution in [2.75, 3.05) is 4.90 Å². The first-order valence-electron chi connectivity index (χ1n) is 21.4. The van der Waals surface area contributed by atoms with Crippen molar-refractivity contribution in [2.24, 2.45) is 0 Å². The Balaban J connectivity index is 1.06. The van der Waals surface area contributed by atoms with E-state index < -0.39 is 5.41 Å². The molecule has 4 nitrogen and oxygen atoms in total. The third kappa shape index (κ3) is 4.21. The summed E-state index contributed by atoms with van der Waals surface area (Å²) in [5.41, 5.74) is 18.0. The van der Waals surface area contributed by atoms with E-state index in [-0.39, 0.29) is 5.41 Å². The van der Waals surface area contributed by atoms with E-state index in [4.69, 9.17) is 13.6 Å². The highest BCUT2D eigenvalue weighted by Gasteiger charge is 2.51. The molecule has 292 valence electrons. The summed E-state index contributed by atoms with van der Waals surface area (Å²) in [5, 5.41) is 4.29. The highest BCUT2D eigenvalue weighted by molar-refractivity contribution is 6.17. The predicted octanol–water partition coefficient (Wildman–Crippen LogP) is 15.7. The largest absolute Gasteiger partial charge is 0.457 e. The number of furan rings is 2. The molecular weight excluding hydrogens is 759 g/mol. The molecule has 1 spiro atoms. The van der Waals surface area contributed by atoms with Crippen LogP contribution in [0, 0.1) is 0 Å². The summed E-state index contributed by atoms with van der Waals surface area (Å²) in [7, 11) is 0. The van der Waals surface area contributed by atoms with Gasteiger partial charge in [-0.3, -0.25) is 0 Å². The molecule has 3 aliphatic rings. The minimum atomic E-state index is -0.592. The molecule has 0 unspecified atom stereocenters. The number of fused-ring (bicyclic) bond motifs is 18. The summed E-state index contributed by atoms with van der Waals surface area (Å²) >= 11 is 0. The smallest absolute Gasteiger partial charge is 0.159 e. The van der Waals surface area contributed by atoms with Gasteiger partial charge in [0.1, 0.15) is 28.2 Å². The van der Waals surface area contributed by atoms with Gasteiger partial charge >= 0.3 is 0 Å². The Morgan fingerprint density at radius 1 is 0.387 bits per heavy atom. The fourth-order valence-corrected chi connectivity index (χ4v) is 11.5. The first-order valence-corrected chi connectivity index (χ1v) is 21.4. The van der Waals surface area contributed by atoms with Gasteiger partial charge in [-0.05, 0) is 105 Å². The Morgan fingerprint density at radius 3 is 1.81 bits per heavy atom. The second kappa shape index (κ2) is 11.9. The minimum Gasteiger partial charge on any atom is -0.457 e. The predicted molar refractivity (Wildman–Crippen MR) is 251 cm³/mol. The van der Waals surface area contributed by atoms with Crippen molar-refractivity contribution < 1.29 is 13.6 Å². The van der Waals surface area contributed by atoms with Crippen molar-refractivity contribution in [3.8, 4) is 33.8 Å². The summed E-state index contributed by atoms with van der Waals surface area (Å²) in [4.78, 5) is 2.40. The number of ether oxygens (including phenoxy) is 1. The fourth-order valence-electron chi connectivity index (χ4n) is 11.5.